The molecule has 0 radical (unpaired) electrons. The average molecular weight is 379 g/mol. The van der Waals surface area contributed by atoms with Crippen LogP contribution in [0.5, 0.6) is 0 Å². The zero-order valence-corrected chi connectivity index (χ0v) is 14.5. The van der Waals surface area contributed by atoms with E-state index in [1.807, 2.05) is 0 Å². The quantitative estimate of drug-likeness (QED) is 0.802. The highest BCUT2D eigenvalue weighted by Gasteiger charge is 2.49. The van der Waals surface area contributed by atoms with Crippen molar-refractivity contribution < 1.29 is 23.5 Å². The molecule has 6 nitrogen and oxygen atoms in total. The predicted molar refractivity (Wildman–Crippen MR) is 93.1 cm³/mol. The van der Waals surface area contributed by atoms with E-state index in [0.29, 0.717) is 5.56 Å². The van der Waals surface area contributed by atoms with E-state index < -0.39 is 29.1 Å². The highest BCUT2D eigenvalue weighted by molar-refractivity contribution is 8.15. The summed E-state index contributed by atoms with van der Waals surface area (Å²) < 4.78 is 27.8. The molecule has 2 N–H and O–H groups in total. The van der Waals surface area contributed by atoms with Gasteiger partial charge in [-0.3, -0.25) is 4.84 Å². The molecule has 26 heavy (non-hydrogen) atoms. The van der Waals surface area contributed by atoms with Crippen LogP contribution in [0.3, 0.4) is 0 Å². The minimum Gasteiger partial charge on any atom is -0.393 e. The van der Waals surface area contributed by atoms with Gasteiger partial charge in [-0.1, -0.05) is 42.1 Å². The van der Waals surface area contributed by atoms with Crippen LogP contribution in [0.4, 0.5) is 13.6 Å². The topological polar surface area (TPSA) is 74.2 Å². The Labute approximate surface area is 152 Å². The van der Waals surface area contributed by atoms with E-state index in [2.05, 4.69) is 15.4 Å². The lowest BCUT2D eigenvalue weighted by molar-refractivity contribution is 0.0619. The molecule has 0 bridgehead atoms. The molecule has 2 aromatic rings. The van der Waals surface area contributed by atoms with Crippen molar-refractivity contribution in [3.05, 3.63) is 71.3 Å². The third-order valence-corrected chi connectivity index (χ3v) is 5.15. The van der Waals surface area contributed by atoms with Crippen LogP contribution in [0.1, 0.15) is 11.1 Å². The molecule has 2 amide bonds. The second kappa shape index (κ2) is 7.40. The van der Waals surface area contributed by atoms with Crippen LogP contribution in [-0.4, -0.2) is 34.9 Å². The second-order valence-corrected chi connectivity index (χ2v) is 6.63. The first-order valence-electron chi connectivity index (χ1n) is 7.54. The van der Waals surface area contributed by atoms with Gasteiger partial charge in [-0.25, -0.2) is 19.1 Å². The highest BCUT2D eigenvalue weighted by Crippen LogP contribution is 2.47. The molecule has 1 atom stereocenters. The Kier molecular flexibility index (Phi) is 5.21. The van der Waals surface area contributed by atoms with Crippen LogP contribution < -0.4 is 5.48 Å². The van der Waals surface area contributed by atoms with Crippen molar-refractivity contribution in [3.63, 3.8) is 0 Å². The van der Waals surface area contributed by atoms with Crippen molar-refractivity contribution >= 4 is 22.8 Å². The lowest BCUT2D eigenvalue weighted by Gasteiger charge is -2.33. The number of hydrogen-bond donors (Lipinski definition) is 2. The first kappa shape index (κ1) is 18.3. The number of carbonyl (C=O) groups is 1. The first-order valence-corrected chi connectivity index (χ1v) is 8.36. The number of nitrogens with zero attached hydrogens (tertiary/aromatic N) is 2. The molecule has 0 aromatic heterocycles. The van der Waals surface area contributed by atoms with Crippen LogP contribution in [0, 0.1) is 11.6 Å². The van der Waals surface area contributed by atoms with Crippen molar-refractivity contribution in [1.29, 1.82) is 0 Å². The number of halogens is 2. The van der Waals surface area contributed by atoms with E-state index in [1.54, 1.807) is 30.3 Å². The Morgan fingerprint density at radius 1 is 1.31 bits per heavy atom. The van der Waals surface area contributed by atoms with Crippen molar-refractivity contribution in [3.8, 4) is 0 Å². The molecule has 1 unspecified atom stereocenters. The van der Waals surface area contributed by atoms with E-state index in [9.17, 15) is 18.7 Å². The van der Waals surface area contributed by atoms with Gasteiger partial charge in [0.15, 0.2) is 4.87 Å². The summed E-state index contributed by atoms with van der Waals surface area (Å²) in [6, 6.07) is 10.9. The van der Waals surface area contributed by atoms with Gasteiger partial charge in [0.05, 0.1) is 13.7 Å². The monoisotopic (exact) mass is 379 g/mol. The van der Waals surface area contributed by atoms with Gasteiger partial charge in [-0.05, 0) is 23.8 Å². The smallest absolute Gasteiger partial charge is 0.363 e. The third-order valence-electron chi connectivity index (χ3n) is 3.78. The van der Waals surface area contributed by atoms with E-state index >= 15 is 0 Å². The van der Waals surface area contributed by atoms with Gasteiger partial charge >= 0.3 is 6.03 Å². The molecule has 1 heterocycles. The molecule has 9 heteroatoms. The standard InChI is InChI=1S/C17H15F2N3O3S/c1-25-21-16(24)22-17(10-23,11-5-3-2-4-6-11)26-15(20-22)13-9-12(18)7-8-14(13)19/h2-9,23H,10H2,1H3,(H,21,24). The maximum atomic E-state index is 14.2. The summed E-state index contributed by atoms with van der Waals surface area (Å²) in [5.74, 6) is -1.33. The minimum absolute atomic E-state index is 0.0613. The number of urea groups is 1. The minimum atomic E-state index is -1.35. The lowest BCUT2D eigenvalue weighted by Crippen LogP contribution is -2.48. The number of aliphatic hydroxyl groups is 1. The van der Waals surface area contributed by atoms with E-state index in [-0.39, 0.29) is 10.6 Å². The summed E-state index contributed by atoms with van der Waals surface area (Å²) in [6.45, 7) is -0.511. The van der Waals surface area contributed by atoms with E-state index in [0.717, 1.165) is 35.0 Å². The fourth-order valence-corrected chi connectivity index (χ4v) is 3.81. The number of rotatable bonds is 4. The SMILES string of the molecule is CONC(=O)N1N=C(c2cc(F)ccc2F)SC1(CO)c1ccccc1. The summed E-state index contributed by atoms with van der Waals surface area (Å²) in [7, 11) is 1.25. The molecule has 1 aliphatic heterocycles. The zero-order valence-electron chi connectivity index (χ0n) is 13.6. The summed E-state index contributed by atoms with van der Waals surface area (Å²) in [5.41, 5.74) is 2.60. The Morgan fingerprint density at radius 2 is 2.04 bits per heavy atom. The molecule has 3 rings (SSSR count). The maximum absolute atomic E-state index is 14.2. The van der Waals surface area contributed by atoms with Crippen LogP contribution in [0.2, 0.25) is 0 Å². The summed E-state index contributed by atoms with van der Waals surface area (Å²) in [4.78, 5) is 15.7. The van der Waals surface area contributed by atoms with Gasteiger partial charge in [0.25, 0.3) is 0 Å². The molecule has 0 aliphatic carbocycles. The van der Waals surface area contributed by atoms with Crippen molar-refractivity contribution in [2.24, 2.45) is 5.10 Å². The number of amides is 2. The van der Waals surface area contributed by atoms with Gasteiger partial charge in [0, 0.05) is 5.56 Å². The lowest BCUT2D eigenvalue weighted by atomic mass is 10.1. The van der Waals surface area contributed by atoms with Gasteiger partial charge in [0.1, 0.15) is 16.7 Å². The Balaban J connectivity index is 2.11. The molecular weight excluding hydrogens is 364 g/mol. The van der Waals surface area contributed by atoms with Crippen LogP contribution in [0.25, 0.3) is 0 Å². The van der Waals surface area contributed by atoms with Gasteiger partial charge in [-0.15, -0.1) is 0 Å². The number of benzene rings is 2. The number of thioether (sulfide) groups is 1. The van der Waals surface area contributed by atoms with Crippen molar-refractivity contribution in [1.82, 2.24) is 10.5 Å². The normalized spacial score (nSPS) is 19.4. The Morgan fingerprint density at radius 3 is 2.69 bits per heavy atom. The molecule has 136 valence electrons. The van der Waals surface area contributed by atoms with Gasteiger partial charge < -0.3 is 5.11 Å². The first-order chi connectivity index (χ1) is 12.5. The molecule has 2 aromatic carbocycles. The summed E-state index contributed by atoms with van der Waals surface area (Å²) in [6.07, 6.45) is 0. The number of hydrogen-bond acceptors (Lipinski definition) is 5. The number of hydroxylamine groups is 1. The molecular formula is C17H15F2N3O3S. The number of hydrazone groups is 1. The molecule has 0 spiro atoms. The second-order valence-electron chi connectivity index (χ2n) is 5.36. The molecule has 0 saturated heterocycles. The molecule has 0 fully saturated rings. The van der Waals surface area contributed by atoms with Crippen LogP contribution >= 0.6 is 11.8 Å². The van der Waals surface area contributed by atoms with E-state index in [1.165, 1.54) is 7.11 Å². The fourth-order valence-electron chi connectivity index (χ4n) is 2.58. The molecule has 1 aliphatic rings. The number of carbonyl (C=O) groups excluding carboxylic acids is 1. The average Bonchev–Trinajstić information content (AvgIpc) is 3.05. The zero-order chi connectivity index (χ0) is 18.7. The van der Waals surface area contributed by atoms with Crippen LogP contribution in [0.15, 0.2) is 53.6 Å². The van der Waals surface area contributed by atoms with E-state index in [4.69, 9.17) is 0 Å². The maximum Gasteiger partial charge on any atom is 0.363 e. The number of aliphatic hydroxyl groups excluding tert-OH is 1. The fraction of sp³-hybridized carbons (Fsp3) is 0.176. The predicted octanol–water partition coefficient (Wildman–Crippen LogP) is 2.79. The Bertz CT molecular complexity index is 850. The number of nitrogens with one attached hydrogen (secondary N) is 1. The Hall–Kier alpha value is -2.49. The van der Waals surface area contributed by atoms with Crippen LogP contribution in [-0.2, 0) is 9.71 Å². The van der Waals surface area contributed by atoms with Crippen molar-refractivity contribution in [2.45, 2.75) is 4.87 Å². The van der Waals surface area contributed by atoms with Crippen molar-refractivity contribution in [2.75, 3.05) is 13.7 Å². The summed E-state index contributed by atoms with van der Waals surface area (Å²) >= 11 is 0.952. The third kappa shape index (κ3) is 3.16. The highest BCUT2D eigenvalue weighted by atomic mass is 32.2. The summed E-state index contributed by atoms with van der Waals surface area (Å²) in [5, 5.41) is 15.3. The van der Waals surface area contributed by atoms with Gasteiger partial charge in [0.2, 0.25) is 0 Å². The molecule has 0 saturated carbocycles. The van der Waals surface area contributed by atoms with Gasteiger partial charge in [-0.2, -0.15) is 10.1 Å². The largest absolute Gasteiger partial charge is 0.393 e.